The van der Waals surface area contributed by atoms with Crippen LogP contribution in [0.4, 0.5) is 0 Å². The van der Waals surface area contributed by atoms with Crippen LogP contribution in [0, 0.1) is 6.92 Å². The number of rotatable bonds is 7. The van der Waals surface area contributed by atoms with E-state index in [4.69, 9.17) is 0 Å². The Bertz CT molecular complexity index is 866. The lowest BCUT2D eigenvalue weighted by atomic mass is 10.2. The third-order valence-corrected chi connectivity index (χ3v) is 6.59. The van der Waals surface area contributed by atoms with Crippen molar-refractivity contribution < 1.29 is 8.42 Å². The number of benzene rings is 1. The Morgan fingerprint density at radius 1 is 1.26 bits per heavy atom. The monoisotopic (exact) mass is 523 g/mol. The van der Waals surface area contributed by atoms with Gasteiger partial charge in [-0.2, -0.15) is 0 Å². The molecule has 0 aliphatic rings. The van der Waals surface area contributed by atoms with E-state index in [0.717, 1.165) is 11.4 Å². The molecule has 10 heteroatoms. The van der Waals surface area contributed by atoms with Gasteiger partial charge in [-0.05, 0) is 18.6 Å². The molecule has 0 aliphatic carbocycles. The Labute approximate surface area is 182 Å². The smallest absolute Gasteiger partial charge is 0.242 e. The summed E-state index contributed by atoms with van der Waals surface area (Å²) in [5.41, 5.74) is 0.694. The van der Waals surface area contributed by atoms with Crippen molar-refractivity contribution >= 4 is 51.3 Å². The van der Waals surface area contributed by atoms with Gasteiger partial charge in [0.05, 0.1) is 9.90 Å². The number of nitrogens with zero attached hydrogens (tertiary/aromatic N) is 3. The molecule has 0 atom stereocenters. The summed E-state index contributed by atoms with van der Waals surface area (Å²) in [5.74, 6) is 0.621. The largest absolute Gasteiger partial charge is 0.356 e. The summed E-state index contributed by atoms with van der Waals surface area (Å²) in [7, 11) is 1.26. The van der Waals surface area contributed by atoms with Gasteiger partial charge in [-0.15, -0.1) is 35.3 Å². The maximum absolute atomic E-state index is 12.4. The average molecular weight is 523 g/mol. The normalized spacial score (nSPS) is 12.0. The van der Waals surface area contributed by atoms with E-state index in [1.165, 1.54) is 23.3 Å². The number of aryl methyl sites for hydroxylation is 1. The van der Waals surface area contributed by atoms with Crippen LogP contribution in [0.15, 0.2) is 40.4 Å². The quantitative estimate of drug-likeness (QED) is 0.330. The molecule has 0 fully saturated rings. The molecule has 0 saturated heterocycles. The van der Waals surface area contributed by atoms with Crippen molar-refractivity contribution in [3.05, 3.63) is 45.9 Å². The van der Waals surface area contributed by atoms with E-state index < -0.39 is 10.0 Å². The zero-order valence-corrected chi connectivity index (χ0v) is 19.9. The highest BCUT2D eigenvalue weighted by atomic mass is 127. The Morgan fingerprint density at radius 3 is 2.56 bits per heavy atom. The minimum absolute atomic E-state index is 0. The second-order valence-corrected chi connectivity index (χ2v) is 9.30. The number of aromatic nitrogens is 1. The number of sulfonamides is 1. The third-order valence-electron chi connectivity index (χ3n) is 3.70. The molecule has 0 amide bonds. The molecule has 0 bridgehead atoms. The van der Waals surface area contributed by atoms with Crippen LogP contribution in [0.2, 0.25) is 0 Å². The second-order valence-electron chi connectivity index (χ2n) is 5.86. The fraction of sp³-hybridized carbons (Fsp3) is 0.412. The van der Waals surface area contributed by atoms with E-state index in [0.29, 0.717) is 29.5 Å². The SMILES string of the molecule is CN=C(NCCc1ncc(C)s1)NCc1ccccc1S(=O)(=O)N(C)C.I. The maximum Gasteiger partial charge on any atom is 0.242 e. The van der Waals surface area contributed by atoms with Crippen molar-refractivity contribution in [1.82, 2.24) is 19.9 Å². The fourth-order valence-electron chi connectivity index (χ4n) is 2.30. The molecule has 0 aliphatic heterocycles. The Hall–Kier alpha value is -1.24. The first-order chi connectivity index (χ1) is 12.3. The molecule has 1 aromatic carbocycles. The zero-order chi connectivity index (χ0) is 19.2. The maximum atomic E-state index is 12.4. The van der Waals surface area contributed by atoms with Crippen molar-refractivity contribution in [2.45, 2.75) is 24.8 Å². The highest BCUT2D eigenvalue weighted by Gasteiger charge is 2.20. The lowest BCUT2D eigenvalue weighted by molar-refractivity contribution is 0.519. The molecule has 2 rings (SSSR count). The number of guanidine groups is 1. The minimum Gasteiger partial charge on any atom is -0.356 e. The van der Waals surface area contributed by atoms with E-state index in [-0.39, 0.29) is 24.0 Å². The molecule has 0 radical (unpaired) electrons. The summed E-state index contributed by atoms with van der Waals surface area (Å²) in [6.07, 6.45) is 2.68. The molecule has 0 saturated carbocycles. The number of nitrogens with one attached hydrogen (secondary N) is 2. The summed E-state index contributed by atoms with van der Waals surface area (Å²) in [4.78, 5) is 10.0. The fourth-order valence-corrected chi connectivity index (χ4v) is 4.20. The van der Waals surface area contributed by atoms with Crippen LogP contribution in [0.25, 0.3) is 0 Å². The number of halogens is 1. The van der Waals surface area contributed by atoms with Gasteiger partial charge < -0.3 is 10.6 Å². The lowest BCUT2D eigenvalue weighted by Crippen LogP contribution is -2.38. The third kappa shape index (κ3) is 6.70. The average Bonchev–Trinajstić information content (AvgIpc) is 3.03. The summed E-state index contributed by atoms with van der Waals surface area (Å²) >= 11 is 1.68. The molecule has 2 aromatic rings. The number of hydrogen-bond acceptors (Lipinski definition) is 5. The van der Waals surface area contributed by atoms with Crippen molar-refractivity contribution in [2.75, 3.05) is 27.7 Å². The van der Waals surface area contributed by atoms with Gasteiger partial charge in [-0.25, -0.2) is 17.7 Å². The van der Waals surface area contributed by atoms with Gasteiger partial charge in [0.25, 0.3) is 0 Å². The molecule has 1 aromatic heterocycles. The first-order valence-corrected chi connectivity index (χ1v) is 10.5. The molecule has 0 unspecified atom stereocenters. The van der Waals surface area contributed by atoms with Crippen molar-refractivity contribution in [3.63, 3.8) is 0 Å². The van der Waals surface area contributed by atoms with Crippen LogP contribution in [0.1, 0.15) is 15.4 Å². The van der Waals surface area contributed by atoms with Crippen LogP contribution >= 0.6 is 35.3 Å². The number of hydrogen-bond donors (Lipinski definition) is 2. The molecule has 2 N–H and O–H groups in total. The molecule has 7 nitrogen and oxygen atoms in total. The number of thiazole rings is 1. The van der Waals surface area contributed by atoms with E-state index in [1.807, 2.05) is 19.2 Å². The van der Waals surface area contributed by atoms with Crippen LogP contribution in [0.3, 0.4) is 0 Å². The van der Waals surface area contributed by atoms with Crippen LogP contribution in [-0.4, -0.2) is 51.4 Å². The van der Waals surface area contributed by atoms with E-state index in [2.05, 4.69) is 20.6 Å². The van der Waals surface area contributed by atoms with Crippen LogP contribution < -0.4 is 10.6 Å². The van der Waals surface area contributed by atoms with E-state index in [9.17, 15) is 8.42 Å². The minimum atomic E-state index is -3.49. The first-order valence-electron chi connectivity index (χ1n) is 8.21. The molecule has 150 valence electrons. The van der Waals surface area contributed by atoms with Gasteiger partial charge in [0.2, 0.25) is 10.0 Å². The Kier molecular flexibility index (Phi) is 9.63. The van der Waals surface area contributed by atoms with Gasteiger partial charge in [-0.1, -0.05) is 18.2 Å². The summed E-state index contributed by atoms with van der Waals surface area (Å²) < 4.78 is 26.1. The second kappa shape index (κ2) is 10.9. The highest BCUT2D eigenvalue weighted by molar-refractivity contribution is 14.0. The van der Waals surface area contributed by atoms with Gasteiger partial charge in [0.1, 0.15) is 0 Å². The van der Waals surface area contributed by atoms with Gasteiger partial charge in [0, 0.05) is 51.7 Å². The summed E-state index contributed by atoms with van der Waals surface area (Å²) in [6.45, 7) is 3.10. The van der Waals surface area contributed by atoms with E-state index >= 15 is 0 Å². The van der Waals surface area contributed by atoms with Crippen LogP contribution in [0.5, 0.6) is 0 Å². The Balaban J connectivity index is 0.00000364. The topological polar surface area (TPSA) is 86.7 Å². The van der Waals surface area contributed by atoms with Gasteiger partial charge in [0.15, 0.2) is 5.96 Å². The van der Waals surface area contributed by atoms with Crippen molar-refractivity contribution in [3.8, 4) is 0 Å². The molecule has 1 heterocycles. The highest BCUT2D eigenvalue weighted by Crippen LogP contribution is 2.18. The zero-order valence-electron chi connectivity index (χ0n) is 15.9. The lowest BCUT2D eigenvalue weighted by Gasteiger charge is -2.16. The first kappa shape index (κ1) is 23.8. The van der Waals surface area contributed by atoms with Gasteiger partial charge in [-0.3, -0.25) is 4.99 Å². The molecular weight excluding hydrogens is 497 g/mol. The number of aliphatic imine (C=N–C) groups is 1. The van der Waals surface area contributed by atoms with Crippen LogP contribution in [-0.2, 0) is 23.0 Å². The van der Waals surface area contributed by atoms with E-state index in [1.54, 1.807) is 36.6 Å². The predicted molar refractivity (Wildman–Crippen MR) is 121 cm³/mol. The summed E-state index contributed by atoms with van der Waals surface area (Å²) in [6, 6.07) is 6.97. The van der Waals surface area contributed by atoms with Crippen molar-refractivity contribution in [2.24, 2.45) is 4.99 Å². The summed E-state index contributed by atoms with van der Waals surface area (Å²) in [5, 5.41) is 7.47. The molecular formula is C17H26IN5O2S2. The van der Waals surface area contributed by atoms with Gasteiger partial charge >= 0.3 is 0 Å². The van der Waals surface area contributed by atoms with Crippen molar-refractivity contribution in [1.29, 1.82) is 0 Å². The predicted octanol–water partition coefficient (Wildman–Crippen LogP) is 2.23. The molecule has 0 spiro atoms. The molecule has 27 heavy (non-hydrogen) atoms. The standard InChI is InChI=1S/C17H25N5O2S2.HI/c1-13-11-20-16(25-13)9-10-19-17(18-2)21-12-14-7-5-6-8-15(14)26(23,24)22(3)4;/h5-8,11H,9-10,12H2,1-4H3,(H2,18,19,21);1H. The Morgan fingerprint density at radius 2 is 1.96 bits per heavy atom.